The number of fused-ring (bicyclic) bond motifs is 1. The summed E-state index contributed by atoms with van der Waals surface area (Å²) < 4.78 is 2.04. The molecule has 2 saturated heterocycles. The van der Waals surface area contributed by atoms with Crippen molar-refractivity contribution in [3.63, 3.8) is 0 Å². The second-order valence-electron chi connectivity index (χ2n) is 7.19. The third kappa shape index (κ3) is 3.72. The number of carbonyl (C=O) groups excluding carboxylic acids is 2. The van der Waals surface area contributed by atoms with E-state index in [9.17, 15) is 9.59 Å². The van der Waals surface area contributed by atoms with Crippen molar-refractivity contribution in [3.05, 3.63) is 36.3 Å². The van der Waals surface area contributed by atoms with E-state index in [4.69, 9.17) is 0 Å². The lowest BCUT2D eigenvalue weighted by Gasteiger charge is -2.28. The molecule has 0 aliphatic carbocycles. The fraction of sp³-hybridized carbons (Fsp3) is 0.526. The highest BCUT2D eigenvalue weighted by Crippen LogP contribution is 2.16. The lowest BCUT2D eigenvalue weighted by atomic mass is 9.97. The number of pyridine rings is 1. The molecule has 138 valence electrons. The standard InChI is InChI=1S/C19H25N5O2/c25-18-6-5-15(12-20-18)19(26)23-9-3-7-22(10-11-23)13-16-14-24-8-2-1-4-17(24)21-16/h1-2,4,8,14-15H,3,5-7,9-13H2,(H,20,25). The smallest absolute Gasteiger partial charge is 0.227 e. The number of rotatable bonds is 3. The van der Waals surface area contributed by atoms with Crippen molar-refractivity contribution >= 4 is 17.5 Å². The van der Waals surface area contributed by atoms with E-state index in [0.717, 1.165) is 50.5 Å². The molecule has 26 heavy (non-hydrogen) atoms. The summed E-state index contributed by atoms with van der Waals surface area (Å²) in [6, 6.07) is 6.01. The summed E-state index contributed by atoms with van der Waals surface area (Å²) in [5, 5.41) is 2.81. The molecule has 0 radical (unpaired) electrons. The van der Waals surface area contributed by atoms with E-state index in [0.29, 0.717) is 19.4 Å². The van der Waals surface area contributed by atoms with Gasteiger partial charge in [-0.3, -0.25) is 14.5 Å². The summed E-state index contributed by atoms with van der Waals surface area (Å²) in [6.07, 6.45) is 6.19. The first-order valence-electron chi connectivity index (χ1n) is 9.39. The van der Waals surface area contributed by atoms with Gasteiger partial charge in [-0.25, -0.2) is 4.98 Å². The van der Waals surface area contributed by atoms with Gasteiger partial charge in [0.1, 0.15) is 5.65 Å². The zero-order valence-corrected chi connectivity index (χ0v) is 14.9. The fourth-order valence-corrected chi connectivity index (χ4v) is 3.84. The second-order valence-corrected chi connectivity index (χ2v) is 7.19. The molecule has 0 spiro atoms. The number of hydrogen-bond acceptors (Lipinski definition) is 4. The summed E-state index contributed by atoms with van der Waals surface area (Å²) in [6.45, 7) is 4.67. The van der Waals surface area contributed by atoms with E-state index in [1.54, 1.807) is 0 Å². The van der Waals surface area contributed by atoms with Gasteiger partial charge in [0, 0.05) is 58.1 Å². The average molecular weight is 355 g/mol. The van der Waals surface area contributed by atoms with Crippen molar-refractivity contribution in [1.29, 1.82) is 0 Å². The fourth-order valence-electron chi connectivity index (χ4n) is 3.84. The minimum absolute atomic E-state index is 0.0577. The lowest BCUT2D eigenvalue weighted by molar-refractivity contribution is -0.137. The molecule has 0 aromatic carbocycles. The Kier molecular flexibility index (Phi) is 4.88. The summed E-state index contributed by atoms with van der Waals surface area (Å²) in [7, 11) is 0. The van der Waals surface area contributed by atoms with Crippen LogP contribution >= 0.6 is 0 Å². The zero-order chi connectivity index (χ0) is 17.9. The molecule has 1 N–H and O–H groups in total. The first kappa shape index (κ1) is 17.0. The van der Waals surface area contributed by atoms with Gasteiger partial charge in [0.05, 0.1) is 11.6 Å². The first-order chi connectivity index (χ1) is 12.7. The highest BCUT2D eigenvalue weighted by Gasteiger charge is 2.29. The van der Waals surface area contributed by atoms with Gasteiger partial charge >= 0.3 is 0 Å². The molecule has 0 saturated carbocycles. The van der Waals surface area contributed by atoms with Crippen LogP contribution in [0.2, 0.25) is 0 Å². The minimum atomic E-state index is -0.0577. The number of aromatic nitrogens is 2. The van der Waals surface area contributed by atoms with E-state index < -0.39 is 0 Å². The van der Waals surface area contributed by atoms with Crippen LogP contribution in [-0.2, 0) is 16.1 Å². The molecule has 4 heterocycles. The monoisotopic (exact) mass is 355 g/mol. The molecule has 1 unspecified atom stereocenters. The zero-order valence-electron chi connectivity index (χ0n) is 14.9. The summed E-state index contributed by atoms with van der Waals surface area (Å²) in [4.78, 5) is 33.1. The molecule has 1 atom stereocenters. The van der Waals surface area contributed by atoms with Crippen LogP contribution in [0.15, 0.2) is 30.6 Å². The Morgan fingerprint density at radius 3 is 2.96 bits per heavy atom. The summed E-state index contributed by atoms with van der Waals surface area (Å²) in [5.74, 6) is 0.195. The van der Waals surface area contributed by atoms with Gasteiger partial charge in [0.2, 0.25) is 11.8 Å². The van der Waals surface area contributed by atoms with Crippen molar-refractivity contribution in [1.82, 2.24) is 24.5 Å². The van der Waals surface area contributed by atoms with Crippen molar-refractivity contribution < 1.29 is 9.59 Å². The van der Waals surface area contributed by atoms with Crippen LogP contribution in [0.25, 0.3) is 5.65 Å². The van der Waals surface area contributed by atoms with Crippen LogP contribution in [0.3, 0.4) is 0 Å². The van der Waals surface area contributed by atoms with Gasteiger partial charge in [-0.05, 0) is 25.0 Å². The number of imidazole rings is 1. The number of piperidine rings is 1. The largest absolute Gasteiger partial charge is 0.355 e. The van der Waals surface area contributed by atoms with Crippen molar-refractivity contribution in [2.45, 2.75) is 25.8 Å². The molecule has 2 amide bonds. The van der Waals surface area contributed by atoms with Crippen LogP contribution in [0, 0.1) is 5.92 Å². The highest BCUT2D eigenvalue weighted by molar-refractivity contribution is 5.83. The molecular weight excluding hydrogens is 330 g/mol. The molecule has 7 nitrogen and oxygen atoms in total. The SMILES string of the molecule is O=C1CCC(C(=O)N2CCCN(Cc3cn4ccccc4n3)CC2)CN1. The Hall–Kier alpha value is -2.41. The number of carbonyl (C=O) groups is 2. The van der Waals surface area contributed by atoms with Gasteiger partial charge in [-0.15, -0.1) is 0 Å². The van der Waals surface area contributed by atoms with E-state index in [2.05, 4.69) is 21.4 Å². The predicted octanol–water partition coefficient (Wildman–Crippen LogP) is 0.895. The summed E-state index contributed by atoms with van der Waals surface area (Å²) >= 11 is 0. The van der Waals surface area contributed by atoms with Gasteiger partial charge in [0.25, 0.3) is 0 Å². The Labute approximate surface area is 153 Å². The molecule has 2 fully saturated rings. The van der Waals surface area contributed by atoms with Crippen molar-refractivity contribution in [2.24, 2.45) is 5.92 Å². The van der Waals surface area contributed by atoms with Crippen LogP contribution < -0.4 is 5.32 Å². The average Bonchev–Trinajstić information content (AvgIpc) is 2.92. The van der Waals surface area contributed by atoms with E-state index >= 15 is 0 Å². The van der Waals surface area contributed by atoms with E-state index in [-0.39, 0.29) is 17.7 Å². The molecule has 7 heteroatoms. The Bertz CT molecular complexity index is 759. The molecule has 0 bridgehead atoms. The number of nitrogens with zero attached hydrogens (tertiary/aromatic N) is 4. The van der Waals surface area contributed by atoms with Gasteiger partial charge in [-0.2, -0.15) is 0 Å². The topological polar surface area (TPSA) is 70.0 Å². The maximum Gasteiger partial charge on any atom is 0.227 e. The third-order valence-electron chi connectivity index (χ3n) is 5.31. The van der Waals surface area contributed by atoms with Crippen molar-refractivity contribution in [3.8, 4) is 0 Å². The lowest BCUT2D eigenvalue weighted by Crippen LogP contribution is -2.45. The molecule has 2 aliphatic heterocycles. The van der Waals surface area contributed by atoms with Crippen LogP contribution in [-0.4, -0.2) is 63.7 Å². The van der Waals surface area contributed by atoms with Gasteiger partial charge in [-0.1, -0.05) is 6.07 Å². The van der Waals surface area contributed by atoms with Crippen LogP contribution in [0.5, 0.6) is 0 Å². The van der Waals surface area contributed by atoms with Gasteiger partial charge in [0.15, 0.2) is 0 Å². The number of nitrogens with one attached hydrogen (secondary N) is 1. The molecular formula is C19H25N5O2. The maximum atomic E-state index is 12.7. The molecule has 4 rings (SSSR count). The molecule has 2 aromatic rings. The van der Waals surface area contributed by atoms with Crippen LogP contribution in [0.1, 0.15) is 25.0 Å². The van der Waals surface area contributed by atoms with Gasteiger partial charge < -0.3 is 14.6 Å². The maximum absolute atomic E-state index is 12.7. The quantitative estimate of drug-likeness (QED) is 0.888. The molecule has 2 aliphatic rings. The number of amides is 2. The highest BCUT2D eigenvalue weighted by atomic mass is 16.2. The summed E-state index contributed by atoms with van der Waals surface area (Å²) in [5.41, 5.74) is 2.03. The van der Waals surface area contributed by atoms with E-state index in [1.807, 2.05) is 33.7 Å². The second kappa shape index (κ2) is 7.45. The Balaban J connectivity index is 1.34. The third-order valence-corrected chi connectivity index (χ3v) is 5.31. The normalized spacial score (nSPS) is 22.2. The Morgan fingerprint density at radius 1 is 1.23 bits per heavy atom. The minimum Gasteiger partial charge on any atom is -0.355 e. The first-order valence-corrected chi connectivity index (χ1v) is 9.39. The molecule has 2 aromatic heterocycles. The Morgan fingerprint density at radius 2 is 2.15 bits per heavy atom. The van der Waals surface area contributed by atoms with Crippen LogP contribution in [0.4, 0.5) is 0 Å². The predicted molar refractivity (Wildman–Crippen MR) is 97.4 cm³/mol. The number of hydrogen-bond donors (Lipinski definition) is 1. The van der Waals surface area contributed by atoms with Crippen molar-refractivity contribution in [2.75, 3.05) is 32.7 Å². The van der Waals surface area contributed by atoms with E-state index in [1.165, 1.54) is 0 Å².